The normalized spacial score (nSPS) is 11.4. The summed E-state index contributed by atoms with van der Waals surface area (Å²) in [4.78, 5) is 29.4. The first-order valence-electron chi connectivity index (χ1n) is 5.55. The van der Waals surface area contributed by atoms with Crippen molar-refractivity contribution in [1.29, 1.82) is 0 Å². The van der Waals surface area contributed by atoms with Gasteiger partial charge in [0.15, 0.2) is 5.16 Å². The largest absolute Gasteiger partial charge is 0.466 e. The first kappa shape index (κ1) is 14.5. The van der Waals surface area contributed by atoms with Crippen molar-refractivity contribution in [2.45, 2.75) is 25.4 Å². The highest BCUT2D eigenvalue weighted by Gasteiger charge is 2.06. The Kier molecular flexibility index (Phi) is 5.64. The first-order valence-corrected chi connectivity index (χ1v) is 6.53. The molecule has 0 saturated heterocycles. The Morgan fingerprint density at radius 1 is 1.61 bits per heavy atom. The molecule has 1 N–H and O–H groups in total. The molecule has 1 aromatic heterocycles. The van der Waals surface area contributed by atoms with E-state index < -0.39 is 0 Å². The Morgan fingerprint density at radius 3 is 2.89 bits per heavy atom. The third-order valence-electron chi connectivity index (χ3n) is 2.23. The number of aryl methyl sites for hydroxylation is 1. The van der Waals surface area contributed by atoms with Crippen LogP contribution in [0.5, 0.6) is 0 Å². The number of hydrogen-bond donors (Lipinski definition) is 1. The molecule has 0 amide bonds. The predicted molar refractivity (Wildman–Crippen MR) is 70.7 cm³/mol. The molecule has 1 rings (SSSR count). The van der Waals surface area contributed by atoms with Crippen LogP contribution in [0.2, 0.25) is 0 Å². The van der Waals surface area contributed by atoms with E-state index in [4.69, 9.17) is 0 Å². The summed E-state index contributed by atoms with van der Waals surface area (Å²) < 4.78 is 4.65. The highest BCUT2D eigenvalue weighted by Crippen LogP contribution is 2.13. The van der Waals surface area contributed by atoms with Crippen molar-refractivity contribution in [2.24, 2.45) is 0 Å². The summed E-state index contributed by atoms with van der Waals surface area (Å²) in [6.45, 7) is 3.65. The molecule has 0 radical (unpaired) electrons. The summed E-state index contributed by atoms with van der Waals surface area (Å²) >= 11 is 1.37. The standard InChI is InChI=1S/C12H16N2O3S/c1-4-9(11(16)17-3)5-6-18-12-13-8(2)7-10(15)14-12/h5,7H,4,6H2,1-3H3,(H,13,14,15). The van der Waals surface area contributed by atoms with Gasteiger partial charge in [-0.05, 0) is 13.3 Å². The minimum absolute atomic E-state index is 0.169. The number of H-pyrrole nitrogens is 1. The van der Waals surface area contributed by atoms with Gasteiger partial charge in [-0.2, -0.15) is 0 Å². The van der Waals surface area contributed by atoms with Gasteiger partial charge in [-0.1, -0.05) is 24.8 Å². The highest BCUT2D eigenvalue weighted by atomic mass is 32.2. The average molecular weight is 268 g/mol. The number of ether oxygens (including phenoxy) is 1. The van der Waals surface area contributed by atoms with Crippen molar-refractivity contribution in [2.75, 3.05) is 12.9 Å². The van der Waals surface area contributed by atoms with Crippen LogP contribution in [0.15, 0.2) is 27.7 Å². The van der Waals surface area contributed by atoms with Crippen molar-refractivity contribution in [3.05, 3.63) is 33.8 Å². The lowest BCUT2D eigenvalue weighted by Crippen LogP contribution is -2.08. The van der Waals surface area contributed by atoms with Crippen molar-refractivity contribution in [3.8, 4) is 0 Å². The molecule has 0 unspecified atom stereocenters. The van der Waals surface area contributed by atoms with Crippen molar-refractivity contribution >= 4 is 17.7 Å². The molecule has 0 saturated carbocycles. The van der Waals surface area contributed by atoms with Gasteiger partial charge in [-0.25, -0.2) is 9.78 Å². The van der Waals surface area contributed by atoms with Crippen LogP contribution in [0.1, 0.15) is 19.0 Å². The zero-order valence-corrected chi connectivity index (χ0v) is 11.5. The number of nitrogens with zero attached hydrogens (tertiary/aromatic N) is 1. The van der Waals surface area contributed by atoms with E-state index >= 15 is 0 Å². The van der Waals surface area contributed by atoms with E-state index in [9.17, 15) is 9.59 Å². The summed E-state index contributed by atoms with van der Waals surface area (Å²) in [5.41, 5.74) is 1.13. The Labute approximate surface area is 110 Å². The fourth-order valence-corrected chi connectivity index (χ4v) is 2.17. The molecule has 0 aromatic carbocycles. The summed E-state index contributed by atoms with van der Waals surface area (Å²) in [5, 5.41) is 0.552. The maximum absolute atomic E-state index is 11.3. The van der Waals surface area contributed by atoms with E-state index in [1.807, 2.05) is 6.92 Å². The number of aromatic amines is 1. The summed E-state index contributed by atoms with van der Waals surface area (Å²) in [6.07, 6.45) is 2.41. The number of hydrogen-bond acceptors (Lipinski definition) is 5. The van der Waals surface area contributed by atoms with Gasteiger partial charge >= 0.3 is 5.97 Å². The van der Waals surface area contributed by atoms with Crippen LogP contribution >= 0.6 is 11.8 Å². The van der Waals surface area contributed by atoms with Gasteiger partial charge in [0.25, 0.3) is 5.56 Å². The fraction of sp³-hybridized carbons (Fsp3) is 0.417. The number of esters is 1. The van der Waals surface area contributed by atoms with Crippen molar-refractivity contribution in [3.63, 3.8) is 0 Å². The monoisotopic (exact) mass is 268 g/mol. The zero-order chi connectivity index (χ0) is 13.5. The van der Waals surface area contributed by atoms with E-state index in [1.165, 1.54) is 24.9 Å². The fourth-order valence-electron chi connectivity index (χ4n) is 1.34. The summed E-state index contributed by atoms with van der Waals surface area (Å²) in [7, 11) is 1.36. The second-order valence-electron chi connectivity index (χ2n) is 3.58. The quantitative estimate of drug-likeness (QED) is 0.381. The molecule has 1 heterocycles. The molecule has 1 aromatic rings. The first-order chi connectivity index (χ1) is 8.56. The number of carbonyl (C=O) groups is 1. The van der Waals surface area contributed by atoms with E-state index in [1.54, 1.807) is 13.0 Å². The molecule has 0 spiro atoms. The maximum Gasteiger partial charge on any atom is 0.333 e. The number of aromatic nitrogens is 2. The van der Waals surface area contributed by atoms with Crippen molar-refractivity contribution in [1.82, 2.24) is 9.97 Å². The number of methoxy groups -OCH3 is 1. The molecule has 0 aliphatic carbocycles. The van der Waals surface area contributed by atoms with Gasteiger partial charge in [-0.15, -0.1) is 0 Å². The second kappa shape index (κ2) is 7.00. The van der Waals surface area contributed by atoms with Crippen LogP contribution in [0.3, 0.4) is 0 Å². The van der Waals surface area contributed by atoms with Crippen molar-refractivity contribution < 1.29 is 9.53 Å². The number of thioether (sulfide) groups is 1. The van der Waals surface area contributed by atoms with Gasteiger partial charge in [0.1, 0.15) is 0 Å². The molecule has 5 nitrogen and oxygen atoms in total. The smallest absolute Gasteiger partial charge is 0.333 e. The van der Waals surface area contributed by atoms with Crippen LogP contribution in [-0.4, -0.2) is 28.8 Å². The number of nitrogens with one attached hydrogen (secondary N) is 1. The van der Waals surface area contributed by atoms with E-state index in [0.29, 0.717) is 28.6 Å². The van der Waals surface area contributed by atoms with E-state index in [-0.39, 0.29) is 11.5 Å². The van der Waals surface area contributed by atoms with Crippen LogP contribution in [-0.2, 0) is 9.53 Å². The molecule has 0 aliphatic heterocycles. The zero-order valence-electron chi connectivity index (χ0n) is 10.6. The minimum Gasteiger partial charge on any atom is -0.466 e. The SMILES string of the molecule is CCC(=CCSc1nc(C)cc(=O)[nH]1)C(=O)OC. The summed E-state index contributed by atoms with van der Waals surface area (Å²) in [5.74, 6) is 0.244. The van der Waals surface area contributed by atoms with E-state index in [0.717, 1.165) is 0 Å². The molecular formula is C12H16N2O3S. The van der Waals surface area contributed by atoms with Crippen LogP contribution in [0.4, 0.5) is 0 Å². The van der Waals surface area contributed by atoms with Crippen LogP contribution in [0.25, 0.3) is 0 Å². The lowest BCUT2D eigenvalue weighted by atomic mass is 10.2. The molecular weight excluding hydrogens is 252 g/mol. The Balaban J connectivity index is 2.67. The second-order valence-corrected chi connectivity index (χ2v) is 4.59. The Hall–Kier alpha value is -1.56. The lowest BCUT2D eigenvalue weighted by molar-refractivity contribution is -0.136. The lowest BCUT2D eigenvalue weighted by Gasteiger charge is -2.02. The van der Waals surface area contributed by atoms with Gasteiger partial charge < -0.3 is 9.72 Å². The Bertz CT molecular complexity index is 508. The average Bonchev–Trinajstić information content (AvgIpc) is 2.32. The van der Waals surface area contributed by atoms with Gasteiger partial charge in [0.05, 0.1) is 7.11 Å². The Morgan fingerprint density at radius 2 is 2.33 bits per heavy atom. The third-order valence-corrected chi connectivity index (χ3v) is 3.03. The molecule has 6 heteroatoms. The molecule has 0 aliphatic rings. The van der Waals surface area contributed by atoms with Gasteiger partial charge in [0, 0.05) is 23.1 Å². The molecule has 0 atom stereocenters. The molecule has 18 heavy (non-hydrogen) atoms. The number of rotatable bonds is 5. The molecule has 0 bridgehead atoms. The molecule has 0 fully saturated rings. The predicted octanol–water partition coefficient (Wildman–Crippen LogP) is 1.68. The van der Waals surface area contributed by atoms with Crippen LogP contribution in [0, 0.1) is 6.92 Å². The maximum atomic E-state index is 11.3. The van der Waals surface area contributed by atoms with E-state index in [2.05, 4.69) is 14.7 Å². The van der Waals surface area contributed by atoms with Crippen LogP contribution < -0.4 is 5.56 Å². The number of carbonyl (C=O) groups excluding carboxylic acids is 1. The summed E-state index contributed by atoms with van der Waals surface area (Å²) in [6, 6.07) is 1.44. The van der Waals surface area contributed by atoms with Gasteiger partial charge in [-0.3, -0.25) is 4.79 Å². The topological polar surface area (TPSA) is 72.0 Å². The highest BCUT2D eigenvalue weighted by molar-refractivity contribution is 7.99. The van der Waals surface area contributed by atoms with Gasteiger partial charge in [0.2, 0.25) is 0 Å². The minimum atomic E-state index is -0.316. The molecule has 98 valence electrons. The third kappa shape index (κ3) is 4.37.